The van der Waals surface area contributed by atoms with E-state index in [0.29, 0.717) is 24.7 Å². The molecule has 20 heavy (non-hydrogen) atoms. The first-order valence-corrected chi connectivity index (χ1v) is 6.80. The smallest absolute Gasteiger partial charge is 0.231 e. The molecule has 0 spiro atoms. The molecule has 1 heterocycles. The van der Waals surface area contributed by atoms with Gasteiger partial charge in [0.05, 0.1) is 5.92 Å². The van der Waals surface area contributed by atoms with Crippen molar-refractivity contribution >= 4 is 5.78 Å². The Morgan fingerprint density at radius 1 is 1.20 bits per heavy atom. The number of rotatable bonds is 7. The van der Waals surface area contributed by atoms with E-state index in [0.717, 1.165) is 5.56 Å². The van der Waals surface area contributed by atoms with Crippen LogP contribution in [0.15, 0.2) is 18.2 Å². The maximum absolute atomic E-state index is 12.0. The summed E-state index contributed by atoms with van der Waals surface area (Å²) >= 11 is 0. The lowest BCUT2D eigenvalue weighted by atomic mass is 9.94. The Hall–Kier alpha value is -1.59. The molecule has 1 aliphatic rings. The molecule has 0 N–H and O–H groups in total. The lowest BCUT2D eigenvalue weighted by Crippen LogP contribution is -2.30. The minimum absolute atomic E-state index is 0.00392. The van der Waals surface area contributed by atoms with E-state index in [9.17, 15) is 4.79 Å². The van der Waals surface area contributed by atoms with Gasteiger partial charge in [-0.1, -0.05) is 6.07 Å². The van der Waals surface area contributed by atoms with Crippen LogP contribution in [0.25, 0.3) is 0 Å². The monoisotopic (exact) mass is 280 g/mol. The van der Waals surface area contributed by atoms with Gasteiger partial charge in [-0.2, -0.15) is 0 Å². The molecule has 0 saturated carbocycles. The van der Waals surface area contributed by atoms with E-state index in [4.69, 9.17) is 18.9 Å². The number of benzene rings is 1. The van der Waals surface area contributed by atoms with Gasteiger partial charge < -0.3 is 18.9 Å². The van der Waals surface area contributed by atoms with Gasteiger partial charge in [-0.05, 0) is 38.5 Å². The van der Waals surface area contributed by atoms with E-state index in [1.165, 1.54) is 0 Å². The van der Waals surface area contributed by atoms with Crippen molar-refractivity contribution in [1.82, 2.24) is 0 Å². The first-order valence-electron chi connectivity index (χ1n) is 6.80. The van der Waals surface area contributed by atoms with Gasteiger partial charge in [0.25, 0.3) is 0 Å². The van der Waals surface area contributed by atoms with Gasteiger partial charge in [0.1, 0.15) is 5.78 Å². The minimum atomic E-state index is -0.581. The largest absolute Gasteiger partial charge is 0.454 e. The highest BCUT2D eigenvalue weighted by molar-refractivity contribution is 5.84. The number of carbonyl (C=O) groups is 1. The summed E-state index contributed by atoms with van der Waals surface area (Å²) in [6.45, 7) is 6.48. The summed E-state index contributed by atoms with van der Waals surface area (Å²) in [5, 5.41) is 0. The Balaban J connectivity index is 2.29. The standard InChI is InChI=1S/C15H20O5/c1-4-17-15(18-5-2)14(10(3)16)11-6-7-12-13(8-11)20-9-19-12/h6-8,14-15H,4-5,9H2,1-3H3. The number of Topliss-reactive ketones (excluding diaryl/α,β-unsaturated/α-hetero) is 1. The van der Waals surface area contributed by atoms with E-state index in [1.807, 2.05) is 32.0 Å². The molecular weight excluding hydrogens is 260 g/mol. The number of carbonyl (C=O) groups excluding carboxylic acids is 1. The molecule has 0 radical (unpaired) electrons. The molecule has 1 unspecified atom stereocenters. The second-order valence-electron chi connectivity index (χ2n) is 4.48. The van der Waals surface area contributed by atoms with Crippen LogP contribution in [0.5, 0.6) is 11.5 Å². The molecule has 0 aromatic heterocycles. The average Bonchev–Trinajstić information content (AvgIpc) is 2.86. The van der Waals surface area contributed by atoms with Gasteiger partial charge in [0, 0.05) is 13.2 Å². The fourth-order valence-electron chi connectivity index (χ4n) is 2.26. The Morgan fingerprint density at radius 2 is 1.85 bits per heavy atom. The van der Waals surface area contributed by atoms with E-state index in [-0.39, 0.29) is 12.6 Å². The van der Waals surface area contributed by atoms with Crippen molar-refractivity contribution in [2.75, 3.05) is 20.0 Å². The van der Waals surface area contributed by atoms with Crippen LogP contribution in [0, 0.1) is 0 Å². The Labute approximate surface area is 118 Å². The first kappa shape index (κ1) is 14.8. The van der Waals surface area contributed by atoms with Crippen LogP contribution < -0.4 is 9.47 Å². The number of fused-ring (bicyclic) bond motifs is 1. The molecule has 0 amide bonds. The van der Waals surface area contributed by atoms with Crippen LogP contribution in [0.1, 0.15) is 32.3 Å². The van der Waals surface area contributed by atoms with Crippen molar-refractivity contribution in [3.63, 3.8) is 0 Å². The maximum atomic E-state index is 12.0. The summed E-state index contributed by atoms with van der Waals surface area (Å²) in [5.41, 5.74) is 0.814. The van der Waals surface area contributed by atoms with Crippen LogP contribution >= 0.6 is 0 Å². The zero-order valence-electron chi connectivity index (χ0n) is 12.0. The molecule has 0 aliphatic carbocycles. The number of ether oxygens (including phenoxy) is 4. The van der Waals surface area contributed by atoms with Gasteiger partial charge in [-0.3, -0.25) is 4.79 Å². The molecule has 1 atom stereocenters. The second-order valence-corrected chi connectivity index (χ2v) is 4.48. The quantitative estimate of drug-likeness (QED) is 0.718. The molecule has 1 aliphatic heterocycles. The molecule has 2 rings (SSSR count). The van der Waals surface area contributed by atoms with Gasteiger partial charge in [0.2, 0.25) is 6.79 Å². The van der Waals surface area contributed by atoms with Gasteiger partial charge in [-0.25, -0.2) is 0 Å². The number of hydrogen-bond acceptors (Lipinski definition) is 5. The third-order valence-corrected chi connectivity index (χ3v) is 3.13. The first-order chi connectivity index (χ1) is 9.67. The summed E-state index contributed by atoms with van der Waals surface area (Å²) in [4.78, 5) is 12.0. The number of ketones is 1. The summed E-state index contributed by atoms with van der Waals surface area (Å²) in [7, 11) is 0. The van der Waals surface area contributed by atoms with Crippen LogP contribution in [0.2, 0.25) is 0 Å². The lowest BCUT2D eigenvalue weighted by molar-refractivity contribution is -0.159. The van der Waals surface area contributed by atoms with Crippen molar-refractivity contribution in [2.45, 2.75) is 33.0 Å². The van der Waals surface area contributed by atoms with Gasteiger partial charge in [-0.15, -0.1) is 0 Å². The summed E-state index contributed by atoms with van der Waals surface area (Å²) in [5.74, 6) is 0.876. The Bertz CT molecular complexity index is 465. The third-order valence-electron chi connectivity index (χ3n) is 3.13. The fraction of sp³-hybridized carbons (Fsp3) is 0.533. The highest BCUT2D eigenvalue weighted by Gasteiger charge is 2.30. The van der Waals surface area contributed by atoms with Crippen LogP contribution in [-0.2, 0) is 14.3 Å². The van der Waals surface area contributed by atoms with Crippen molar-refractivity contribution in [3.05, 3.63) is 23.8 Å². The maximum Gasteiger partial charge on any atom is 0.231 e. The predicted octanol–water partition coefficient (Wildman–Crippen LogP) is 2.49. The minimum Gasteiger partial charge on any atom is -0.454 e. The van der Waals surface area contributed by atoms with Crippen LogP contribution in [-0.4, -0.2) is 32.1 Å². The van der Waals surface area contributed by atoms with Crippen molar-refractivity contribution in [1.29, 1.82) is 0 Å². The third kappa shape index (κ3) is 3.11. The van der Waals surface area contributed by atoms with Gasteiger partial charge >= 0.3 is 0 Å². The zero-order valence-corrected chi connectivity index (χ0v) is 12.0. The number of hydrogen-bond donors (Lipinski definition) is 0. The van der Waals surface area contributed by atoms with E-state index in [1.54, 1.807) is 6.92 Å². The SMILES string of the molecule is CCOC(OCC)C(C(C)=O)c1ccc2c(c1)OCO2. The van der Waals surface area contributed by atoms with E-state index >= 15 is 0 Å². The molecular formula is C15H20O5. The molecule has 110 valence electrons. The van der Waals surface area contributed by atoms with E-state index in [2.05, 4.69) is 0 Å². The van der Waals surface area contributed by atoms with Gasteiger partial charge in [0.15, 0.2) is 17.8 Å². The fourth-order valence-corrected chi connectivity index (χ4v) is 2.26. The molecule has 1 aromatic rings. The second kappa shape index (κ2) is 6.72. The van der Waals surface area contributed by atoms with Crippen molar-refractivity contribution < 1.29 is 23.7 Å². The normalized spacial score (nSPS) is 14.6. The average molecular weight is 280 g/mol. The Kier molecular flexibility index (Phi) is 4.98. The summed E-state index contributed by atoms with van der Waals surface area (Å²) in [6.07, 6.45) is -0.581. The molecule has 0 fully saturated rings. The predicted molar refractivity (Wildman–Crippen MR) is 73.0 cm³/mol. The van der Waals surface area contributed by atoms with E-state index < -0.39 is 12.2 Å². The summed E-state index contributed by atoms with van der Waals surface area (Å²) < 4.78 is 21.8. The molecule has 0 saturated heterocycles. The zero-order chi connectivity index (χ0) is 14.5. The molecule has 0 bridgehead atoms. The molecule has 5 nitrogen and oxygen atoms in total. The molecule has 5 heteroatoms. The van der Waals surface area contributed by atoms with Crippen LogP contribution in [0.3, 0.4) is 0 Å². The lowest BCUT2D eigenvalue weighted by Gasteiger charge is -2.25. The molecule has 1 aromatic carbocycles. The van der Waals surface area contributed by atoms with Crippen LogP contribution in [0.4, 0.5) is 0 Å². The highest BCUT2D eigenvalue weighted by Crippen LogP contribution is 2.36. The Morgan fingerprint density at radius 3 is 2.45 bits per heavy atom. The van der Waals surface area contributed by atoms with Crippen molar-refractivity contribution in [2.24, 2.45) is 0 Å². The van der Waals surface area contributed by atoms with Crippen molar-refractivity contribution in [3.8, 4) is 11.5 Å². The summed E-state index contributed by atoms with van der Waals surface area (Å²) in [6, 6.07) is 5.48. The topological polar surface area (TPSA) is 54.0 Å². The highest BCUT2D eigenvalue weighted by atomic mass is 16.7.